The second kappa shape index (κ2) is 8.50. The third-order valence-electron chi connectivity index (χ3n) is 4.94. The molecule has 0 bridgehead atoms. The van der Waals surface area contributed by atoms with E-state index in [1.165, 1.54) is 6.07 Å². The second-order valence-corrected chi connectivity index (χ2v) is 7.39. The molecule has 1 saturated carbocycles. The Morgan fingerprint density at radius 3 is 2.43 bits per heavy atom. The highest BCUT2D eigenvalue weighted by atomic mass is 19.2. The minimum Gasteiger partial charge on any atom is -0.367 e. The zero-order valence-electron chi connectivity index (χ0n) is 16.3. The van der Waals surface area contributed by atoms with Gasteiger partial charge in [-0.05, 0) is 50.8 Å². The van der Waals surface area contributed by atoms with Gasteiger partial charge in [0.05, 0.1) is 0 Å². The van der Waals surface area contributed by atoms with E-state index in [1.807, 2.05) is 25.9 Å². The molecule has 0 aliphatic heterocycles. The molecule has 1 heterocycles. The first-order chi connectivity index (χ1) is 13.3. The largest absolute Gasteiger partial charge is 0.367 e. The van der Waals surface area contributed by atoms with Crippen LogP contribution in [0.25, 0.3) is 0 Å². The quantitative estimate of drug-likeness (QED) is 0.821. The first-order valence-corrected chi connectivity index (χ1v) is 9.37. The molecule has 2 aromatic rings. The Bertz CT molecular complexity index is 850. The van der Waals surface area contributed by atoms with Gasteiger partial charge in [0, 0.05) is 43.5 Å². The second-order valence-electron chi connectivity index (χ2n) is 7.39. The molecule has 0 radical (unpaired) electrons. The fourth-order valence-corrected chi connectivity index (χ4v) is 3.28. The normalized spacial score (nSPS) is 19.2. The van der Waals surface area contributed by atoms with Crippen LogP contribution in [0.5, 0.6) is 0 Å². The highest BCUT2D eigenvalue weighted by Crippen LogP contribution is 2.24. The zero-order valence-corrected chi connectivity index (χ0v) is 16.3. The van der Waals surface area contributed by atoms with Crippen molar-refractivity contribution < 1.29 is 13.6 Å². The van der Waals surface area contributed by atoms with E-state index in [4.69, 9.17) is 0 Å². The number of carbonyl (C=O) groups is 1. The van der Waals surface area contributed by atoms with Crippen LogP contribution in [0.15, 0.2) is 24.4 Å². The van der Waals surface area contributed by atoms with Crippen LogP contribution in [0.2, 0.25) is 0 Å². The minimum absolute atomic E-state index is 0.0162. The smallest absolute Gasteiger partial charge is 0.251 e. The SMILES string of the molecule is Cc1cnc(N(C)C)nc1N[C@H]1CC[C@@H](NC(=O)c2ccc(F)c(F)c2)CC1. The maximum absolute atomic E-state index is 13.3. The van der Waals surface area contributed by atoms with E-state index >= 15 is 0 Å². The summed E-state index contributed by atoms with van der Waals surface area (Å²) in [5.74, 6) is -0.871. The van der Waals surface area contributed by atoms with Crippen LogP contribution in [-0.4, -0.2) is 42.1 Å². The van der Waals surface area contributed by atoms with Gasteiger partial charge in [-0.2, -0.15) is 4.98 Å². The van der Waals surface area contributed by atoms with Crippen LogP contribution in [0.3, 0.4) is 0 Å². The molecule has 3 rings (SSSR count). The molecule has 2 N–H and O–H groups in total. The van der Waals surface area contributed by atoms with E-state index in [0.717, 1.165) is 49.2 Å². The average Bonchev–Trinajstić information content (AvgIpc) is 2.67. The number of amides is 1. The maximum Gasteiger partial charge on any atom is 0.251 e. The average molecular weight is 389 g/mol. The van der Waals surface area contributed by atoms with Gasteiger partial charge in [0.2, 0.25) is 5.95 Å². The molecule has 0 saturated heterocycles. The number of nitrogens with zero attached hydrogens (tertiary/aromatic N) is 3. The molecule has 1 fully saturated rings. The Morgan fingerprint density at radius 2 is 1.79 bits per heavy atom. The van der Waals surface area contributed by atoms with Gasteiger partial charge in [-0.1, -0.05) is 0 Å². The van der Waals surface area contributed by atoms with Gasteiger partial charge in [0.25, 0.3) is 5.91 Å². The Balaban J connectivity index is 1.54. The van der Waals surface area contributed by atoms with Crippen molar-refractivity contribution in [3.8, 4) is 0 Å². The number of hydrogen-bond acceptors (Lipinski definition) is 5. The lowest BCUT2D eigenvalue weighted by Crippen LogP contribution is -2.40. The summed E-state index contributed by atoms with van der Waals surface area (Å²) in [6.07, 6.45) is 5.17. The monoisotopic (exact) mass is 389 g/mol. The standard InChI is InChI=1S/C20H25F2N5O/c1-12-11-23-20(27(2)3)26-18(12)24-14-5-7-15(8-6-14)25-19(28)13-4-9-16(21)17(22)10-13/h4,9-11,14-15H,5-8H2,1-3H3,(H,25,28)(H,23,24,26)/t14-,15+. The summed E-state index contributed by atoms with van der Waals surface area (Å²) in [6.45, 7) is 1.97. The number of anilines is 2. The van der Waals surface area contributed by atoms with Crippen molar-refractivity contribution in [2.45, 2.75) is 44.7 Å². The molecule has 150 valence electrons. The number of aromatic nitrogens is 2. The number of benzene rings is 1. The molecule has 0 unspecified atom stereocenters. The third kappa shape index (κ3) is 4.74. The summed E-state index contributed by atoms with van der Waals surface area (Å²) in [4.78, 5) is 23.0. The number of aryl methyl sites for hydroxylation is 1. The first kappa shape index (κ1) is 20.0. The molecular formula is C20H25F2N5O. The van der Waals surface area contributed by atoms with E-state index in [0.29, 0.717) is 5.95 Å². The number of carbonyl (C=O) groups excluding carboxylic acids is 1. The van der Waals surface area contributed by atoms with E-state index in [2.05, 4.69) is 20.6 Å². The van der Waals surface area contributed by atoms with Gasteiger partial charge in [-0.15, -0.1) is 0 Å². The Morgan fingerprint density at radius 1 is 1.11 bits per heavy atom. The Hall–Kier alpha value is -2.77. The molecular weight excluding hydrogens is 364 g/mol. The van der Waals surface area contributed by atoms with E-state index in [1.54, 1.807) is 6.20 Å². The van der Waals surface area contributed by atoms with Crippen LogP contribution < -0.4 is 15.5 Å². The Labute approximate surface area is 163 Å². The summed E-state index contributed by atoms with van der Waals surface area (Å²) in [5.41, 5.74) is 1.12. The van der Waals surface area contributed by atoms with Crippen LogP contribution in [-0.2, 0) is 0 Å². The number of halogens is 2. The van der Waals surface area contributed by atoms with Crippen LogP contribution in [0, 0.1) is 18.6 Å². The van der Waals surface area contributed by atoms with Crippen LogP contribution >= 0.6 is 0 Å². The molecule has 6 nitrogen and oxygen atoms in total. The lowest BCUT2D eigenvalue weighted by atomic mass is 9.91. The van der Waals surface area contributed by atoms with Crippen molar-refractivity contribution >= 4 is 17.7 Å². The van der Waals surface area contributed by atoms with E-state index in [-0.39, 0.29) is 23.6 Å². The molecule has 1 aromatic carbocycles. The third-order valence-corrected chi connectivity index (χ3v) is 4.94. The topological polar surface area (TPSA) is 70.2 Å². The molecule has 8 heteroatoms. The van der Waals surface area contributed by atoms with Crippen LogP contribution in [0.4, 0.5) is 20.5 Å². The van der Waals surface area contributed by atoms with Gasteiger partial charge in [0.1, 0.15) is 5.82 Å². The zero-order chi connectivity index (χ0) is 20.3. The van der Waals surface area contributed by atoms with Crippen LogP contribution in [0.1, 0.15) is 41.6 Å². The van der Waals surface area contributed by atoms with Gasteiger partial charge in [0.15, 0.2) is 11.6 Å². The molecule has 1 aliphatic rings. The van der Waals surface area contributed by atoms with E-state index < -0.39 is 11.6 Å². The number of nitrogens with one attached hydrogen (secondary N) is 2. The molecule has 1 aromatic heterocycles. The van der Waals surface area contributed by atoms with Crippen molar-refractivity contribution in [3.05, 3.63) is 47.2 Å². The molecule has 0 spiro atoms. The fourth-order valence-electron chi connectivity index (χ4n) is 3.28. The number of rotatable bonds is 5. The van der Waals surface area contributed by atoms with Gasteiger partial charge < -0.3 is 15.5 Å². The van der Waals surface area contributed by atoms with E-state index in [9.17, 15) is 13.6 Å². The predicted octanol–water partition coefficient (Wildman–Crippen LogP) is 3.28. The maximum atomic E-state index is 13.3. The predicted molar refractivity (Wildman–Crippen MR) is 105 cm³/mol. The van der Waals surface area contributed by atoms with Crippen molar-refractivity contribution in [1.29, 1.82) is 0 Å². The lowest BCUT2D eigenvalue weighted by molar-refractivity contribution is 0.0926. The lowest BCUT2D eigenvalue weighted by Gasteiger charge is -2.30. The van der Waals surface area contributed by atoms with Gasteiger partial charge >= 0.3 is 0 Å². The van der Waals surface area contributed by atoms with Gasteiger partial charge in [-0.25, -0.2) is 13.8 Å². The summed E-state index contributed by atoms with van der Waals surface area (Å²) in [7, 11) is 3.80. The van der Waals surface area contributed by atoms with Crippen molar-refractivity contribution in [2.24, 2.45) is 0 Å². The summed E-state index contributed by atoms with van der Waals surface area (Å²) < 4.78 is 26.3. The summed E-state index contributed by atoms with van der Waals surface area (Å²) >= 11 is 0. The summed E-state index contributed by atoms with van der Waals surface area (Å²) in [5, 5.41) is 6.40. The Kier molecular flexibility index (Phi) is 6.06. The number of hydrogen-bond donors (Lipinski definition) is 2. The highest BCUT2D eigenvalue weighted by molar-refractivity contribution is 5.94. The molecule has 28 heavy (non-hydrogen) atoms. The first-order valence-electron chi connectivity index (χ1n) is 9.37. The molecule has 0 atom stereocenters. The summed E-state index contributed by atoms with van der Waals surface area (Å²) in [6, 6.07) is 3.47. The fraction of sp³-hybridized carbons (Fsp3) is 0.450. The molecule has 1 amide bonds. The van der Waals surface area contributed by atoms with Crippen molar-refractivity contribution in [2.75, 3.05) is 24.3 Å². The molecule has 1 aliphatic carbocycles. The highest BCUT2D eigenvalue weighted by Gasteiger charge is 2.24. The van der Waals surface area contributed by atoms with Crippen molar-refractivity contribution in [3.63, 3.8) is 0 Å². The minimum atomic E-state index is -1.02. The van der Waals surface area contributed by atoms with Crippen molar-refractivity contribution in [1.82, 2.24) is 15.3 Å². The van der Waals surface area contributed by atoms with Gasteiger partial charge in [-0.3, -0.25) is 4.79 Å².